The molecule has 0 unspecified atom stereocenters. The second-order valence-corrected chi connectivity index (χ2v) is 11.2. The number of nitrogens with one attached hydrogen (secondary N) is 1. The number of rotatable bonds is 7. The second kappa shape index (κ2) is 11.2. The molecule has 222 valence electrons. The minimum atomic E-state index is -4.70. The van der Waals surface area contributed by atoms with Crippen LogP contribution in [0.25, 0.3) is 0 Å². The number of halogens is 5. The summed E-state index contributed by atoms with van der Waals surface area (Å²) in [4.78, 5) is 29.2. The molecule has 12 heteroatoms. The first-order valence-electron chi connectivity index (χ1n) is 13.7. The van der Waals surface area contributed by atoms with Gasteiger partial charge in [0.25, 0.3) is 5.91 Å². The van der Waals surface area contributed by atoms with Gasteiger partial charge in [0.15, 0.2) is 0 Å². The molecule has 1 amide bonds. The predicted molar refractivity (Wildman–Crippen MR) is 139 cm³/mol. The lowest BCUT2D eigenvalue weighted by Gasteiger charge is -2.48. The number of carbonyl (C=O) groups is 2. The fourth-order valence-electron chi connectivity index (χ4n) is 6.16. The second-order valence-electron chi connectivity index (χ2n) is 11.2. The molecule has 2 heterocycles. The van der Waals surface area contributed by atoms with Crippen molar-refractivity contribution < 1.29 is 41.4 Å². The minimum Gasteiger partial charge on any atom is -0.478 e. The van der Waals surface area contributed by atoms with Crippen LogP contribution in [0.15, 0.2) is 36.4 Å². The van der Waals surface area contributed by atoms with Gasteiger partial charge in [0.2, 0.25) is 0 Å². The number of carboxylic acids is 1. The lowest BCUT2D eigenvalue weighted by Crippen LogP contribution is -2.60. The molecule has 3 atom stereocenters. The lowest BCUT2D eigenvalue weighted by molar-refractivity contribution is -0.165. The third-order valence-corrected chi connectivity index (χ3v) is 8.42. The molecule has 2 N–H and O–H groups in total. The van der Waals surface area contributed by atoms with Crippen molar-refractivity contribution in [3.63, 3.8) is 0 Å². The average molecular weight is 582 g/mol. The first-order valence-corrected chi connectivity index (χ1v) is 13.7. The number of aromatic carboxylic acids is 1. The topological polar surface area (TPSA) is 82.1 Å². The number of hydrogen-bond donors (Lipinski definition) is 2. The van der Waals surface area contributed by atoms with Gasteiger partial charge in [-0.25, -0.2) is 13.6 Å². The zero-order chi connectivity index (χ0) is 29.5. The Kier molecular flexibility index (Phi) is 7.99. The van der Waals surface area contributed by atoms with Crippen molar-refractivity contribution >= 4 is 17.6 Å². The van der Waals surface area contributed by atoms with Crippen LogP contribution in [0.4, 0.5) is 27.6 Å². The van der Waals surface area contributed by atoms with Gasteiger partial charge in [-0.1, -0.05) is 0 Å². The molecular weight excluding hydrogens is 549 g/mol. The first kappa shape index (κ1) is 29.2. The maximum Gasteiger partial charge on any atom is 0.416 e. The number of benzene rings is 2. The molecule has 0 spiro atoms. The quantitative estimate of drug-likeness (QED) is 0.456. The summed E-state index contributed by atoms with van der Waals surface area (Å²) in [6.45, 7) is 3.80. The van der Waals surface area contributed by atoms with E-state index in [1.165, 1.54) is 12.1 Å². The average Bonchev–Trinajstić information content (AvgIpc) is 3.77. The van der Waals surface area contributed by atoms with Crippen molar-refractivity contribution in [3.8, 4) is 0 Å². The number of ether oxygens (including phenoxy) is 1. The van der Waals surface area contributed by atoms with Gasteiger partial charge in [-0.05, 0) is 80.5 Å². The number of amides is 1. The number of anilines is 1. The maximum atomic E-state index is 13.8. The van der Waals surface area contributed by atoms with Crippen LogP contribution in [-0.4, -0.2) is 65.8 Å². The van der Waals surface area contributed by atoms with E-state index in [-0.39, 0.29) is 35.7 Å². The van der Waals surface area contributed by atoms with Crippen LogP contribution in [0.5, 0.6) is 0 Å². The Morgan fingerprint density at radius 2 is 1.83 bits per heavy atom. The van der Waals surface area contributed by atoms with Crippen LogP contribution in [0.2, 0.25) is 0 Å². The number of alkyl halides is 3. The SMILES string of the molecule is C[C@H]1CN([C@@H]2CC[C@@](C(=O)NCc3cc(F)cc(C(F)(F)F)c3)(C3CC3)OC2)CCN1c1ccc(F)cc1C(=O)O. The number of carbonyl (C=O) groups excluding carboxylic acids is 1. The van der Waals surface area contributed by atoms with E-state index in [4.69, 9.17) is 4.74 Å². The zero-order valence-electron chi connectivity index (χ0n) is 22.5. The Bertz CT molecular complexity index is 1310. The summed E-state index contributed by atoms with van der Waals surface area (Å²) in [5.74, 6) is -3.20. The van der Waals surface area contributed by atoms with E-state index >= 15 is 0 Å². The van der Waals surface area contributed by atoms with Crippen LogP contribution in [0.3, 0.4) is 0 Å². The van der Waals surface area contributed by atoms with Crippen LogP contribution >= 0.6 is 0 Å². The molecule has 1 saturated carbocycles. The number of piperazine rings is 1. The molecule has 3 aliphatic rings. The van der Waals surface area contributed by atoms with Gasteiger partial charge >= 0.3 is 12.1 Å². The molecule has 5 rings (SSSR count). The molecule has 0 radical (unpaired) electrons. The summed E-state index contributed by atoms with van der Waals surface area (Å²) in [6.07, 6.45) is -1.95. The molecule has 3 fully saturated rings. The van der Waals surface area contributed by atoms with Gasteiger partial charge in [-0.3, -0.25) is 9.69 Å². The molecule has 2 aliphatic heterocycles. The molecule has 0 aromatic heterocycles. The largest absolute Gasteiger partial charge is 0.478 e. The zero-order valence-corrected chi connectivity index (χ0v) is 22.5. The molecule has 2 aromatic rings. The van der Waals surface area contributed by atoms with Crippen molar-refractivity contribution in [2.75, 3.05) is 31.1 Å². The summed E-state index contributed by atoms with van der Waals surface area (Å²) in [7, 11) is 0. The normalized spacial score (nSPS) is 25.7. The Morgan fingerprint density at radius 1 is 1.07 bits per heavy atom. The van der Waals surface area contributed by atoms with Crippen LogP contribution in [-0.2, 0) is 22.3 Å². The molecule has 2 aromatic carbocycles. The molecule has 2 saturated heterocycles. The van der Waals surface area contributed by atoms with Crippen molar-refractivity contribution in [2.24, 2.45) is 5.92 Å². The van der Waals surface area contributed by atoms with E-state index < -0.39 is 40.9 Å². The Morgan fingerprint density at radius 3 is 2.44 bits per heavy atom. The van der Waals surface area contributed by atoms with Gasteiger partial charge in [-0.15, -0.1) is 0 Å². The van der Waals surface area contributed by atoms with Gasteiger partial charge in [0.05, 0.1) is 23.4 Å². The molecule has 7 nitrogen and oxygen atoms in total. The first-order chi connectivity index (χ1) is 19.4. The molecular formula is C29H32F5N3O4. The predicted octanol–water partition coefficient (Wildman–Crippen LogP) is 4.84. The number of hydrogen-bond acceptors (Lipinski definition) is 5. The summed E-state index contributed by atoms with van der Waals surface area (Å²) < 4.78 is 73.0. The third-order valence-electron chi connectivity index (χ3n) is 8.42. The molecule has 41 heavy (non-hydrogen) atoms. The fourth-order valence-corrected chi connectivity index (χ4v) is 6.16. The highest BCUT2D eigenvalue weighted by atomic mass is 19.4. The van der Waals surface area contributed by atoms with E-state index in [1.54, 1.807) is 0 Å². The Hall–Kier alpha value is -3.25. The van der Waals surface area contributed by atoms with Gasteiger partial charge < -0.3 is 20.1 Å². The van der Waals surface area contributed by atoms with Crippen molar-refractivity contribution in [1.82, 2.24) is 10.2 Å². The van der Waals surface area contributed by atoms with E-state index in [2.05, 4.69) is 10.2 Å². The standard InChI is InChI=1S/C29H32F5N3O4/c1-17-15-36(8-9-37(17)25-5-4-21(30)13-24(25)26(38)39)23-6-7-28(41-16-23,19-2-3-19)27(40)35-14-18-10-20(29(32,33)34)12-22(31)11-18/h4-5,10-13,17,19,23H,2-3,6-9,14-16H2,1H3,(H,35,40)(H,38,39)/t17-,23+,28-/m0/s1. The Balaban J connectivity index is 1.20. The minimum absolute atomic E-state index is 0.0179. The molecule has 0 bridgehead atoms. The van der Waals surface area contributed by atoms with Crippen molar-refractivity contribution in [3.05, 3.63) is 64.7 Å². The Labute approximate surface area is 234 Å². The summed E-state index contributed by atoms with van der Waals surface area (Å²) in [5, 5.41) is 12.2. The highest BCUT2D eigenvalue weighted by Gasteiger charge is 2.54. The van der Waals surface area contributed by atoms with Crippen molar-refractivity contribution in [2.45, 2.75) is 63.0 Å². The monoisotopic (exact) mass is 581 g/mol. The van der Waals surface area contributed by atoms with Gasteiger partial charge in [0.1, 0.15) is 17.2 Å². The summed E-state index contributed by atoms with van der Waals surface area (Å²) in [6, 6.07) is 5.97. The summed E-state index contributed by atoms with van der Waals surface area (Å²) >= 11 is 0. The third kappa shape index (κ3) is 6.18. The van der Waals surface area contributed by atoms with E-state index in [1.807, 2.05) is 11.8 Å². The number of nitrogens with zero attached hydrogens (tertiary/aromatic N) is 2. The lowest BCUT2D eigenvalue weighted by atomic mass is 9.85. The number of carboxylic acid groups (broad SMARTS) is 1. The fraction of sp³-hybridized carbons (Fsp3) is 0.517. The van der Waals surface area contributed by atoms with Crippen molar-refractivity contribution in [1.29, 1.82) is 0 Å². The highest BCUT2D eigenvalue weighted by Crippen LogP contribution is 2.47. The highest BCUT2D eigenvalue weighted by molar-refractivity contribution is 5.94. The van der Waals surface area contributed by atoms with Gasteiger partial charge in [0, 0.05) is 38.3 Å². The maximum absolute atomic E-state index is 13.8. The van der Waals surface area contributed by atoms with Crippen LogP contribution in [0, 0.1) is 17.6 Å². The summed E-state index contributed by atoms with van der Waals surface area (Å²) in [5.41, 5.74) is -1.78. The van der Waals surface area contributed by atoms with E-state index in [9.17, 15) is 36.6 Å². The molecule has 1 aliphatic carbocycles. The van der Waals surface area contributed by atoms with E-state index in [0.29, 0.717) is 50.8 Å². The van der Waals surface area contributed by atoms with E-state index in [0.717, 1.165) is 31.0 Å². The van der Waals surface area contributed by atoms with Crippen LogP contribution in [0.1, 0.15) is 54.1 Å². The van der Waals surface area contributed by atoms with Gasteiger partial charge in [-0.2, -0.15) is 13.2 Å². The smallest absolute Gasteiger partial charge is 0.416 e. The van der Waals surface area contributed by atoms with Crippen LogP contribution < -0.4 is 10.2 Å².